The number of amides is 1. The molecule has 0 bridgehead atoms. The molecule has 1 amide bonds. The smallest absolute Gasteiger partial charge is 0.227 e. The van der Waals surface area contributed by atoms with E-state index < -0.39 is 0 Å². The summed E-state index contributed by atoms with van der Waals surface area (Å²) in [7, 11) is 0. The molecule has 1 aliphatic rings. The van der Waals surface area contributed by atoms with Crippen LogP contribution in [0.15, 0.2) is 24.3 Å². The normalized spacial score (nSPS) is 24.1. The zero-order chi connectivity index (χ0) is 14.6. The molecule has 0 aliphatic carbocycles. The maximum absolute atomic E-state index is 12.9. The van der Waals surface area contributed by atoms with E-state index in [-0.39, 0.29) is 23.2 Å². The molecule has 1 heterocycles. The van der Waals surface area contributed by atoms with Gasteiger partial charge in [0.25, 0.3) is 0 Å². The first-order chi connectivity index (χ1) is 9.57. The number of hydrogen-bond donors (Lipinski definition) is 2. The van der Waals surface area contributed by atoms with Crippen molar-refractivity contribution in [2.75, 3.05) is 13.1 Å². The van der Waals surface area contributed by atoms with Crippen LogP contribution in [0.3, 0.4) is 0 Å². The zero-order valence-corrected chi connectivity index (χ0v) is 12.2. The average Bonchev–Trinajstić information content (AvgIpc) is 2.48. The molecule has 0 spiro atoms. The third-order valence-electron chi connectivity index (χ3n) is 4.35. The Balaban J connectivity index is 2.04. The molecule has 2 N–H and O–H groups in total. The number of hydrogen-bond acceptors (Lipinski definition) is 2. The van der Waals surface area contributed by atoms with Crippen molar-refractivity contribution in [2.45, 2.75) is 39.2 Å². The first kappa shape index (κ1) is 15.0. The quantitative estimate of drug-likeness (QED) is 0.889. The van der Waals surface area contributed by atoms with Crippen LogP contribution in [0.4, 0.5) is 4.39 Å². The van der Waals surface area contributed by atoms with Gasteiger partial charge in [-0.1, -0.05) is 19.1 Å². The number of halogens is 1. The van der Waals surface area contributed by atoms with Gasteiger partial charge in [0.15, 0.2) is 0 Å². The molecule has 3 nitrogen and oxygen atoms in total. The molecule has 1 aromatic carbocycles. The Morgan fingerprint density at radius 1 is 1.45 bits per heavy atom. The highest BCUT2D eigenvalue weighted by atomic mass is 19.1. The van der Waals surface area contributed by atoms with Gasteiger partial charge in [-0.2, -0.15) is 0 Å². The highest BCUT2D eigenvalue weighted by Gasteiger charge is 2.38. The number of rotatable bonds is 4. The van der Waals surface area contributed by atoms with Gasteiger partial charge in [-0.05, 0) is 50.4 Å². The summed E-state index contributed by atoms with van der Waals surface area (Å²) < 4.78 is 12.9. The van der Waals surface area contributed by atoms with Crippen molar-refractivity contribution < 1.29 is 9.18 Å². The number of carbonyl (C=O) groups is 1. The number of nitrogens with one attached hydrogen (secondary N) is 2. The van der Waals surface area contributed by atoms with Crippen LogP contribution in [0.25, 0.3) is 0 Å². The van der Waals surface area contributed by atoms with Crippen molar-refractivity contribution in [3.63, 3.8) is 0 Å². The minimum Gasteiger partial charge on any atom is -0.349 e. The number of carbonyl (C=O) groups excluding carboxylic acids is 1. The van der Waals surface area contributed by atoms with Crippen molar-refractivity contribution in [1.82, 2.24) is 10.6 Å². The highest BCUT2D eigenvalue weighted by molar-refractivity contribution is 5.83. The van der Waals surface area contributed by atoms with E-state index in [0.29, 0.717) is 0 Å². The Morgan fingerprint density at radius 2 is 2.15 bits per heavy atom. The van der Waals surface area contributed by atoms with Crippen LogP contribution in [0.5, 0.6) is 0 Å². The molecule has 0 aromatic heterocycles. The Hall–Kier alpha value is -1.42. The molecule has 1 saturated heterocycles. The zero-order valence-electron chi connectivity index (χ0n) is 12.2. The summed E-state index contributed by atoms with van der Waals surface area (Å²) in [5, 5.41) is 6.39. The molecule has 1 aliphatic heterocycles. The van der Waals surface area contributed by atoms with Crippen molar-refractivity contribution >= 4 is 5.91 Å². The monoisotopic (exact) mass is 278 g/mol. The minimum absolute atomic E-state index is 0.101. The SMILES string of the molecule is CCC1(C(=O)N[C@@H](C)c2ccc(F)cc2)CCCNC1. The van der Waals surface area contributed by atoms with E-state index in [9.17, 15) is 9.18 Å². The first-order valence-electron chi connectivity index (χ1n) is 7.34. The van der Waals surface area contributed by atoms with E-state index in [1.54, 1.807) is 12.1 Å². The van der Waals surface area contributed by atoms with Gasteiger partial charge in [0.05, 0.1) is 11.5 Å². The van der Waals surface area contributed by atoms with Gasteiger partial charge < -0.3 is 10.6 Å². The lowest BCUT2D eigenvalue weighted by Gasteiger charge is -2.36. The van der Waals surface area contributed by atoms with Crippen molar-refractivity contribution in [3.8, 4) is 0 Å². The molecule has 1 aromatic rings. The maximum atomic E-state index is 12.9. The van der Waals surface area contributed by atoms with Crippen LogP contribution in [0, 0.1) is 11.2 Å². The predicted octanol–water partition coefficient (Wildman–Crippen LogP) is 2.78. The Morgan fingerprint density at radius 3 is 2.70 bits per heavy atom. The molecular formula is C16H23FN2O. The van der Waals surface area contributed by atoms with Gasteiger partial charge in [0, 0.05) is 6.54 Å². The Kier molecular flexibility index (Phi) is 4.76. The highest BCUT2D eigenvalue weighted by Crippen LogP contribution is 2.31. The summed E-state index contributed by atoms with van der Waals surface area (Å²) >= 11 is 0. The largest absolute Gasteiger partial charge is 0.349 e. The second-order valence-electron chi connectivity index (χ2n) is 5.66. The van der Waals surface area contributed by atoms with E-state index in [1.807, 2.05) is 6.92 Å². The first-order valence-corrected chi connectivity index (χ1v) is 7.34. The summed E-state index contributed by atoms with van der Waals surface area (Å²) in [5.74, 6) is -0.155. The molecule has 0 radical (unpaired) electrons. The third-order valence-corrected chi connectivity index (χ3v) is 4.35. The summed E-state index contributed by atoms with van der Waals surface area (Å²) in [4.78, 5) is 12.6. The molecule has 1 unspecified atom stereocenters. The van der Waals surface area contributed by atoms with Gasteiger partial charge in [-0.25, -0.2) is 4.39 Å². The van der Waals surface area contributed by atoms with E-state index in [1.165, 1.54) is 12.1 Å². The summed E-state index contributed by atoms with van der Waals surface area (Å²) in [6.07, 6.45) is 2.80. The Bertz CT molecular complexity index is 452. The van der Waals surface area contributed by atoms with Gasteiger partial charge >= 0.3 is 0 Å². The van der Waals surface area contributed by atoms with Gasteiger partial charge in [0.1, 0.15) is 5.82 Å². The second kappa shape index (κ2) is 6.35. The van der Waals surface area contributed by atoms with E-state index >= 15 is 0 Å². The lowest BCUT2D eigenvalue weighted by atomic mass is 9.77. The van der Waals surface area contributed by atoms with Crippen LogP contribution in [-0.4, -0.2) is 19.0 Å². The molecule has 2 rings (SSSR count). The van der Waals surface area contributed by atoms with Gasteiger partial charge in [-0.15, -0.1) is 0 Å². The molecule has 4 heteroatoms. The van der Waals surface area contributed by atoms with Gasteiger partial charge in [-0.3, -0.25) is 4.79 Å². The predicted molar refractivity (Wildman–Crippen MR) is 77.8 cm³/mol. The van der Waals surface area contributed by atoms with Crippen molar-refractivity contribution in [1.29, 1.82) is 0 Å². The Labute approximate surface area is 120 Å². The fourth-order valence-electron chi connectivity index (χ4n) is 2.81. The topological polar surface area (TPSA) is 41.1 Å². The molecular weight excluding hydrogens is 255 g/mol. The van der Waals surface area contributed by atoms with Crippen LogP contribution in [0.1, 0.15) is 44.7 Å². The summed E-state index contributed by atoms with van der Waals surface area (Å²) in [6.45, 7) is 5.73. The van der Waals surface area contributed by atoms with Crippen molar-refractivity contribution in [2.24, 2.45) is 5.41 Å². The third kappa shape index (κ3) is 3.18. The van der Waals surface area contributed by atoms with E-state index in [0.717, 1.165) is 37.9 Å². The second-order valence-corrected chi connectivity index (χ2v) is 5.66. The fraction of sp³-hybridized carbons (Fsp3) is 0.562. The van der Waals surface area contributed by atoms with E-state index in [2.05, 4.69) is 17.6 Å². The van der Waals surface area contributed by atoms with Gasteiger partial charge in [0.2, 0.25) is 5.91 Å². The minimum atomic E-state index is -0.299. The summed E-state index contributed by atoms with van der Waals surface area (Å²) in [6, 6.07) is 6.19. The van der Waals surface area contributed by atoms with E-state index in [4.69, 9.17) is 0 Å². The lowest BCUT2D eigenvalue weighted by molar-refractivity contribution is -0.133. The van der Waals surface area contributed by atoms with Crippen LogP contribution in [0.2, 0.25) is 0 Å². The molecule has 0 saturated carbocycles. The van der Waals surface area contributed by atoms with Crippen LogP contribution >= 0.6 is 0 Å². The van der Waals surface area contributed by atoms with Crippen LogP contribution in [-0.2, 0) is 4.79 Å². The number of benzene rings is 1. The molecule has 1 fully saturated rings. The molecule has 2 atom stereocenters. The fourth-order valence-corrected chi connectivity index (χ4v) is 2.81. The van der Waals surface area contributed by atoms with Crippen LogP contribution < -0.4 is 10.6 Å². The lowest BCUT2D eigenvalue weighted by Crippen LogP contribution is -2.50. The molecule has 20 heavy (non-hydrogen) atoms. The standard InChI is InChI=1S/C16H23FN2O/c1-3-16(9-4-10-18-11-16)15(20)19-12(2)13-5-7-14(17)8-6-13/h5-8,12,18H,3-4,9-11H2,1-2H3,(H,19,20)/t12-,16?/m0/s1. The number of piperidine rings is 1. The average molecular weight is 278 g/mol. The summed E-state index contributed by atoms with van der Waals surface area (Å²) in [5.41, 5.74) is 0.627. The maximum Gasteiger partial charge on any atom is 0.227 e. The molecule has 110 valence electrons. The van der Waals surface area contributed by atoms with Crippen molar-refractivity contribution in [3.05, 3.63) is 35.6 Å².